The Kier molecular flexibility index (Phi) is 7.84. The molecule has 51 heavy (non-hydrogen) atoms. The minimum atomic E-state index is -0.700. The molecule has 1 aromatic heterocycles. The number of aromatic nitrogens is 2. The minimum Gasteiger partial charge on any atom is -0.508 e. The first-order chi connectivity index (χ1) is 24.7. The molecule has 0 spiro atoms. The Bertz CT molecular complexity index is 2090. The summed E-state index contributed by atoms with van der Waals surface area (Å²) < 4.78 is 23.4. The van der Waals surface area contributed by atoms with Gasteiger partial charge in [-0.15, -0.1) is 0 Å². The number of halogens is 1. The van der Waals surface area contributed by atoms with Crippen molar-refractivity contribution in [2.45, 2.75) is 67.8 Å². The summed E-state index contributed by atoms with van der Waals surface area (Å²) in [4.78, 5) is 55.5. The molecule has 5 fully saturated rings. The number of fused-ring (bicyclic) bond motifs is 5. The van der Waals surface area contributed by atoms with Gasteiger partial charge in [-0.25, -0.2) is 4.39 Å². The van der Waals surface area contributed by atoms with Gasteiger partial charge in [0, 0.05) is 49.6 Å². The first kappa shape index (κ1) is 32.4. The van der Waals surface area contributed by atoms with E-state index in [1.54, 1.807) is 18.2 Å². The molecule has 3 atom stereocenters. The van der Waals surface area contributed by atoms with Crippen molar-refractivity contribution in [2.24, 2.45) is 0 Å². The maximum Gasteiger partial charge on any atom is 0.319 e. The zero-order chi connectivity index (χ0) is 35.0. The van der Waals surface area contributed by atoms with Gasteiger partial charge in [-0.05, 0) is 86.1 Å². The Labute approximate surface area is 298 Å². The Hall–Kier alpha value is -4.49. The molecule has 1 N–H and O–H groups in total. The lowest BCUT2D eigenvalue weighted by Gasteiger charge is -2.42. The molecule has 0 saturated carbocycles. The van der Waals surface area contributed by atoms with Crippen LogP contribution in [0.1, 0.15) is 44.9 Å². The van der Waals surface area contributed by atoms with Crippen LogP contribution < -0.4 is 9.64 Å². The maximum absolute atomic E-state index is 16.9. The standard InChI is InChI=1S/C38H39FN6O5S/c1-42-35(48)30(51-37(42)49)18-31(47)45-23-8-9-24(45)20-43(19-23)34-28-11-10-27(29-17-25(46)16-22-6-2-3-7-26(22)29)32(39)33(28)40-36(41-34)50-21-38-12-4-14-44(38)15-5-13-38/h2-3,6-7,10-11,16-17,23-24,30,46H,4-5,8-9,12-15,18-21H2,1H3. The lowest BCUT2D eigenvalue weighted by Crippen LogP contribution is -2.56. The molecule has 3 amide bonds. The van der Waals surface area contributed by atoms with Crippen LogP contribution in [-0.2, 0) is 9.59 Å². The van der Waals surface area contributed by atoms with Crippen LogP contribution in [0.25, 0.3) is 32.8 Å². The number of amides is 3. The highest BCUT2D eigenvalue weighted by Crippen LogP contribution is 2.42. The highest BCUT2D eigenvalue weighted by molar-refractivity contribution is 8.15. The molecule has 0 radical (unpaired) electrons. The minimum absolute atomic E-state index is 0.0164. The van der Waals surface area contributed by atoms with Crippen LogP contribution in [0.3, 0.4) is 0 Å². The summed E-state index contributed by atoms with van der Waals surface area (Å²) in [6.45, 7) is 3.50. The number of hydrogen-bond donors (Lipinski definition) is 1. The van der Waals surface area contributed by atoms with E-state index in [0.717, 1.165) is 79.0 Å². The summed E-state index contributed by atoms with van der Waals surface area (Å²) in [6, 6.07) is 14.3. The highest BCUT2D eigenvalue weighted by Gasteiger charge is 2.47. The number of rotatable bonds is 7. The van der Waals surface area contributed by atoms with Gasteiger partial charge in [-0.2, -0.15) is 9.97 Å². The molecule has 5 aliphatic rings. The van der Waals surface area contributed by atoms with Crippen LogP contribution in [0.4, 0.5) is 15.0 Å². The van der Waals surface area contributed by atoms with Crippen molar-refractivity contribution < 1.29 is 28.6 Å². The summed E-state index contributed by atoms with van der Waals surface area (Å²) in [5, 5.41) is 11.7. The number of hydrogen-bond acceptors (Lipinski definition) is 10. The van der Waals surface area contributed by atoms with Crippen molar-refractivity contribution in [3.63, 3.8) is 0 Å². The third-order valence-electron chi connectivity index (χ3n) is 11.7. The largest absolute Gasteiger partial charge is 0.508 e. The second-order valence-corrected chi connectivity index (χ2v) is 15.8. The fourth-order valence-electron chi connectivity index (χ4n) is 9.25. The van der Waals surface area contributed by atoms with Crippen molar-refractivity contribution >= 4 is 56.3 Å². The molecule has 5 saturated heterocycles. The van der Waals surface area contributed by atoms with Crippen molar-refractivity contribution in [2.75, 3.05) is 44.7 Å². The SMILES string of the molecule is CN1C(=O)SC(CC(=O)N2C3CCC2CN(c2nc(OCC45CCCN4CCC5)nc4c(F)c(-c5cc(O)cc6ccccc56)ccc24)C3)C1=O. The van der Waals surface area contributed by atoms with Crippen LogP contribution in [0.5, 0.6) is 11.8 Å². The first-order valence-electron chi connectivity index (χ1n) is 17.8. The number of thioether (sulfide) groups is 1. The van der Waals surface area contributed by atoms with Crippen LogP contribution in [-0.4, -0.2) is 110 Å². The van der Waals surface area contributed by atoms with E-state index in [1.165, 1.54) is 7.05 Å². The summed E-state index contributed by atoms with van der Waals surface area (Å²) in [6.07, 6.45) is 5.91. The quantitative estimate of drug-likeness (QED) is 0.261. The Morgan fingerprint density at radius 2 is 1.75 bits per heavy atom. The van der Waals surface area contributed by atoms with Gasteiger partial charge in [0.05, 0.1) is 5.54 Å². The summed E-state index contributed by atoms with van der Waals surface area (Å²) in [5.41, 5.74) is 0.975. The molecule has 4 aromatic rings. The van der Waals surface area contributed by atoms with Gasteiger partial charge in [0.15, 0.2) is 5.82 Å². The highest BCUT2D eigenvalue weighted by atomic mass is 32.2. The molecular weight excluding hydrogens is 672 g/mol. The number of phenols is 1. The Morgan fingerprint density at radius 1 is 1.00 bits per heavy atom. The van der Waals surface area contributed by atoms with Crippen molar-refractivity contribution in [3.05, 3.63) is 54.3 Å². The van der Waals surface area contributed by atoms with Crippen LogP contribution >= 0.6 is 11.8 Å². The van der Waals surface area contributed by atoms with Gasteiger partial charge in [0.2, 0.25) is 11.8 Å². The zero-order valence-electron chi connectivity index (χ0n) is 28.4. The number of anilines is 1. The Balaban J connectivity index is 1.07. The van der Waals surface area contributed by atoms with Gasteiger partial charge < -0.3 is 19.6 Å². The van der Waals surface area contributed by atoms with Crippen molar-refractivity contribution in [1.82, 2.24) is 24.7 Å². The smallest absolute Gasteiger partial charge is 0.319 e. The molecule has 264 valence electrons. The van der Waals surface area contributed by atoms with E-state index in [1.807, 2.05) is 35.2 Å². The molecule has 11 nitrogen and oxygen atoms in total. The number of imide groups is 1. The average Bonchev–Trinajstić information content (AvgIpc) is 3.84. The van der Waals surface area contributed by atoms with E-state index >= 15 is 4.39 Å². The molecule has 0 aliphatic carbocycles. The molecule has 3 unspecified atom stereocenters. The van der Waals surface area contributed by atoms with E-state index in [4.69, 9.17) is 14.7 Å². The molecule has 9 rings (SSSR count). The number of carbonyl (C=O) groups excluding carboxylic acids is 3. The topological polar surface area (TPSA) is 119 Å². The summed E-state index contributed by atoms with van der Waals surface area (Å²) >= 11 is 0.915. The second-order valence-electron chi connectivity index (χ2n) is 14.6. The molecule has 6 heterocycles. The number of benzene rings is 3. The number of aromatic hydroxyl groups is 1. The number of phenolic OH excluding ortho intramolecular Hbond substituents is 1. The fraction of sp³-hybridized carbons (Fsp3) is 0.447. The predicted octanol–water partition coefficient (Wildman–Crippen LogP) is 5.57. The number of nitrogens with zero attached hydrogens (tertiary/aromatic N) is 6. The number of carbonyl (C=O) groups is 3. The molecule has 3 aromatic carbocycles. The van der Waals surface area contributed by atoms with E-state index in [2.05, 4.69) is 9.80 Å². The number of ether oxygens (including phenoxy) is 1. The normalized spacial score (nSPS) is 24.4. The lowest BCUT2D eigenvalue weighted by molar-refractivity contribution is -0.137. The van der Waals surface area contributed by atoms with Gasteiger partial charge in [0.25, 0.3) is 5.24 Å². The maximum atomic E-state index is 16.9. The van der Waals surface area contributed by atoms with Crippen molar-refractivity contribution in [3.8, 4) is 22.9 Å². The zero-order valence-corrected chi connectivity index (χ0v) is 29.2. The van der Waals surface area contributed by atoms with Crippen LogP contribution in [0.2, 0.25) is 0 Å². The van der Waals surface area contributed by atoms with E-state index < -0.39 is 11.1 Å². The fourth-order valence-corrected chi connectivity index (χ4v) is 10.2. The molecule has 13 heteroatoms. The third-order valence-corrected chi connectivity index (χ3v) is 12.9. The molecule has 2 bridgehead atoms. The van der Waals surface area contributed by atoms with Gasteiger partial charge in [-0.1, -0.05) is 42.1 Å². The van der Waals surface area contributed by atoms with Crippen molar-refractivity contribution in [1.29, 1.82) is 0 Å². The third kappa shape index (κ3) is 5.38. The van der Waals surface area contributed by atoms with E-state index in [-0.39, 0.29) is 58.4 Å². The summed E-state index contributed by atoms with van der Waals surface area (Å²) in [7, 11) is 1.45. The second kappa shape index (κ2) is 12.3. The molecular formula is C38H39FN6O5S. The summed E-state index contributed by atoms with van der Waals surface area (Å²) in [5.74, 6) is -0.370. The number of piperazine rings is 1. The van der Waals surface area contributed by atoms with Crippen LogP contribution in [0, 0.1) is 5.82 Å². The molecule has 5 aliphatic heterocycles. The lowest BCUT2D eigenvalue weighted by atomic mass is 9.95. The monoisotopic (exact) mass is 710 g/mol. The van der Waals surface area contributed by atoms with E-state index in [0.29, 0.717) is 42.0 Å². The van der Waals surface area contributed by atoms with Crippen LogP contribution in [0.15, 0.2) is 48.5 Å². The van der Waals surface area contributed by atoms with Gasteiger partial charge in [-0.3, -0.25) is 24.2 Å². The van der Waals surface area contributed by atoms with Gasteiger partial charge in [0.1, 0.15) is 28.9 Å². The van der Waals surface area contributed by atoms with E-state index in [9.17, 15) is 19.5 Å². The Morgan fingerprint density at radius 3 is 2.47 bits per heavy atom. The first-order valence-corrected chi connectivity index (χ1v) is 18.7. The predicted molar refractivity (Wildman–Crippen MR) is 192 cm³/mol. The van der Waals surface area contributed by atoms with Gasteiger partial charge >= 0.3 is 6.01 Å². The average molecular weight is 711 g/mol.